The van der Waals surface area contributed by atoms with Crippen molar-refractivity contribution in [2.24, 2.45) is 17.1 Å². The lowest BCUT2D eigenvalue weighted by Crippen LogP contribution is -2.46. The summed E-state index contributed by atoms with van der Waals surface area (Å²) in [5, 5.41) is 0. The highest BCUT2D eigenvalue weighted by Gasteiger charge is 2.37. The van der Waals surface area contributed by atoms with E-state index in [4.69, 9.17) is 5.73 Å². The highest BCUT2D eigenvalue weighted by atomic mass is 16.2. The molecule has 0 saturated carbocycles. The Morgan fingerprint density at radius 2 is 2.13 bits per heavy atom. The molecule has 0 aromatic rings. The Morgan fingerprint density at radius 3 is 2.60 bits per heavy atom. The summed E-state index contributed by atoms with van der Waals surface area (Å²) < 4.78 is 0. The fraction of sp³-hybridized carbons (Fsp3) is 0.917. The number of rotatable bonds is 2. The molecule has 1 saturated heterocycles. The van der Waals surface area contributed by atoms with Crippen LogP contribution in [0, 0.1) is 11.3 Å². The fourth-order valence-electron chi connectivity index (χ4n) is 2.31. The van der Waals surface area contributed by atoms with E-state index < -0.39 is 0 Å². The van der Waals surface area contributed by atoms with Crippen molar-refractivity contribution in [2.75, 3.05) is 13.1 Å². The van der Waals surface area contributed by atoms with E-state index in [-0.39, 0.29) is 17.2 Å². The summed E-state index contributed by atoms with van der Waals surface area (Å²) in [4.78, 5) is 14.1. The van der Waals surface area contributed by atoms with Crippen LogP contribution in [0.4, 0.5) is 0 Å². The van der Waals surface area contributed by atoms with Crippen LogP contribution >= 0.6 is 0 Å². The Hall–Kier alpha value is -0.570. The molecule has 1 fully saturated rings. The van der Waals surface area contributed by atoms with E-state index >= 15 is 0 Å². The minimum Gasteiger partial charge on any atom is -0.339 e. The van der Waals surface area contributed by atoms with Gasteiger partial charge in [0.2, 0.25) is 5.91 Å². The van der Waals surface area contributed by atoms with E-state index in [0.29, 0.717) is 12.6 Å². The van der Waals surface area contributed by atoms with Crippen LogP contribution in [0.15, 0.2) is 0 Å². The zero-order chi connectivity index (χ0) is 11.6. The molecular formula is C12H24N2O. The first kappa shape index (κ1) is 12.5. The predicted octanol–water partition coefficient (Wildman–Crippen LogP) is 1.62. The molecule has 1 rings (SSSR count). The van der Waals surface area contributed by atoms with Gasteiger partial charge in [-0.25, -0.2) is 0 Å². The number of carbonyl (C=O) groups excluding carboxylic acids is 1. The van der Waals surface area contributed by atoms with Gasteiger partial charge in [0.25, 0.3) is 0 Å². The summed E-state index contributed by atoms with van der Waals surface area (Å²) in [6, 6.07) is 0.388. The molecule has 1 heterocycles. The zero-order valence-corrected chi connectivity index (χ0v) is 10.4. The third-order valence-corrected chi connectivity index (χ3v) is 3.31. The van der Waals surface area contributed by atoms with Gasteiger partial charge in [-0.1, -0.05) is 27.7 Å². The van der Waals surface area contributed by atoms with E-state index in [0.717, 1.165) is 19.4 Å². The second-order valence-corrected chi connectivity index (χ2v) is 5.69. The SMILES string of the molecule is CC(CN)C(=O)N1CCCC1C(C)(C)C. The normalized spacial score (nSPS) is 24.3. The standard InChI is InChI=1S/C12H24N2O/c1-9(8-13)11(15)14-7-5-6-10(14)12(2,3)4/h9-10H,5-8,13H2,1-4H3. The third kappa shape index (κ3) is 2.71. The molecule has 3 nitrogen and oxygen atoms in total. The molecule has 0 aromatic carbocycles. The quantitative estimate of drug-likeness (QED) is 0.756. The van der Waals surface area contributed by atoms with Crippen molar-refractivity contribution in [2.45, 2.75) is 46.6 Å². The van der Waals surface area contributed by atoms with Crippen LogP contribution in [0.1, 0.15) is 40.5 Å². The van der Waals surface area contributed by atoms with Crippen molar-refractivity contribution >= 4 is 5.91 Å². The third-order valence-electron chi connectivity index (χ3n) is 3.31. The first-order valence-electron chi connectivity index (χ1n) is 5.88. The summed E-state index contributed by atoms with van der Waals surface area (Å²) in [5.74, 6) is 0.197. The first-order chi connectivity index (χ1) is 6.88. The fourth-order valence-corrected chi connectivity index (χ4v) is 2.31. The lowest BCUT2D eigenvalue weighted by atomic mass is 9.85. The van der Waals surface area contributed by atoms with Gasteiger partial charge in [-0.2, -0.15) is 0 Å². The van der Waals surface area contributed by atoms with Gasteiger partial charge >= 0.3 is 0 Å². The zero-order valence-electron chi connectivity index (χ0n) is 10.4. The van der Waals surface area contributed by atoms with Gasteiger partial charge in [0.1, 0.15) is 0 Å². The van der Waals surface area contributed by atoms with Crippen molar-refractivity contribution in [1.82, 2.24) is 4.90 Å². The topological polar surface area (TPSA) is 46.3 Å². The molecule has 2 N–H and O–H groups in total. The second kappa shape index (κ2) is 4.52. The van der Waals surface area contributed by atoms with Crippen LogP contribution in [-0.4, -0.2) is 29.9 Å². The molecule has 15 heavy (non-hydrogen) atoms. The van der Waals surface area contributed by atoms with Gasteiger partial charge < -0.3 is 10.6 Å². The molecule has 0 aromatic heterocycles. The van der Waals surface area contributed by atoms with E-state index in [9.17, 15) is 4.79 Å². The molecule has 88 valence electrons. The summed E-state index contributed by atoms with van der Waals surface area (Å²) in [6.45, 7) is 9.89. The molecular weight excluding hydrogens is 188 g/mol. The molecule has 0 spiro atoms. The minimum absolute atomic E-state index is 0.0343. The van der Waals surface area contributed by atoms with Crippen LogP contribution in [0.25, 0.3) is 0 Å². The monoisotopic (exact) mass is 212 g/mol. The molecule has 2 atom stereocenters. The Morgan fingerprint density at radius 1 is 1.53 bits per heavy atom. The number of nitrogens with zero attached hydrogens (tertiary/aromatic N) is 1. The molecule has 3 heteroatoms. The molecule has 2 unspecified atom stereocenters. The van der Waals surface area contributed by atoms with Gasteiger partial charge in [-0.15, -0.1) is 0 Å². The molecule has 1 aliphatic rings. The summed E-state index contributed by atoms with van der Waals surface area (Å²) in [7, 11) is 0. The number of amides is 1. The van der Waals surface area contributed by atoms with Crippen LogP contribution in [0.3, 0.4) is 0 Å². The van der Waals surface area contributed by atoms with Crippen molar-refractivity contribution in [3.05, 3.63) is 0 Å². The summed E-state index contributed by atoms with van der Waals surface area (Å²) in [5.41, 5.74) is 5.73. The van der Waals surface area contributed by atoms with Crippen molar-refractivity contribution in [3.63, 3.8) is 0 Å². The molecule has 0 bridgehead atoms. The number of likely N-dealkylation sites (tertiary alicyclic amines) is 1. The lowest BCUT2D eigenvalue weighted by molar-refractivity contribution is -0.137. The summed E-state index contributed by atoms with van der Waals surface area (Å²) >= 11 is 0. The minimum atomic E-state index is -0.0343. The first-order valence-corrected chi connectivity index (χ1v) is 5.88. The van der Waals surface area contributed by atoms with Gasteiger partial charge in [0.15, 0.2) is 0 Å². The Kier molecular flexibility index (Phi) is 3.77. The van der Waals surface area contributed by atoms with Crippen LogP contribution in [-0.2, 0) is 4.79 Å². The van der Waals surface area contributed by atoms with Crippen LogP contribution in [0.5, 0.6) is 0 Å². The van der Waals surface area contributed by atoms with E-state index in [1.807, 2.05) is 11.8 Å². The van der Waals surface area contributed by atoms with Gasteiger partial charge in [0.05, 0.1) is 0 Å². The van der Waals surface area contributed by atoms with Crippen molar-refractivity contribution in [3.8, 4) is 0 Å². The lowest BCUT2D eigenvalue weighted by Gasteiger charge is -2.36. The van der Waals surface area contributed by atoms with Gasteiger partial charge in [-0.3, -0.25) is 4.79 Å². The van der Waals surface area contributed by atoms with E-state index in [2.05, 4.69) is 20.8 Å². The smallest absolute Gasteiger partial charge is 0.226 e. The van der Waals surface area contributed by atoms with Crippen molar-refractivity contribution < 1.29 is 4.79 Å². The Balaban J connectivity index is 2.73. The van der Waals surface area contributed by atoms with E-state index in [1.54, 1.807) is 0 Å². The number of nitrogens with two attached hydrogens (primary N) is 1. The highest BCUT2D eigenvalue weighted by Crippen LogP contribution is 2.33. The highest BCUT2D eigenvalue weighted by molar-refractivity contribution is 5.79. The molecule has 0 aliphatic carbocycles. The Labute approximate surface area is 93.0 Å². The Bertz CT molecular complexity index is 232. The average Bonchev–Trinajstić information content (AvgIpc) is 2.63. The van der Waals surface area contributed by atoms with Gasteiger partial charge in [0, 0.05) is 25.0 Å². The maximum Gasteiger partial charge on any atom is 0.226 e. The predicted molar refractivity (Wildman–Crippen MR) is 62.4 cm³/mol. The van der Waals surface area contributed by atoms with Gasteiger partial charge in [-0.05, 0) is 18.3 Å². The summed E-state index contributed by atoms with van der Waals surface area (Å²) in [6.07, 6.45) is 2.26. The largest absolute Gasteiger partial charge is 0.339 e. The van der Waals surface area contributed by atoms with Crippen molar-refractivity contribution in [1.29, 1.82) is 0 Å². The van der Waals surface area contributed by atoms with Crippen LogP contribution < -0.4 is 5.73 Å². The maximum atomic E-state index is 12.1. The maximum absolute atomic E-state index is 12.1. The molecule has 1 aliphatic heterocycles. The second-order valence-electron chi connectivity index (χ2n) is 5.69. The number of carbonyl (C=O) groups is 1. The number of hydrogen-bond donors (Lipinski definition) is 1. The van der Waals surface area contributed by atoms with E-state index in [1.165, 1.54) is 0 Å². The average molecular weight is 212 g/mol. The molecule has 1 amide bonds. The number of hydrogen-bond acceptors (Lipinski definition) is 2. The molecule has 0 radical (unpaired) electrons. The van der Waals surface area contributed by atoms with Crippen LogP contribution in [0.2, 0.25) is 0 Å².